The molecule has 0 bridgehead atoms. The van der Waals surface area contributed by atoms with E-state index in [1.165, 1.54) is 72.0 Å². The summed E-state index contributed by atoms with van der Waals surface area (Å²) in [4.78, 5) is 0. The number of nitrogens with zero attached hydrogens (tertiary/aromatic N) is 1. The van der Waals surface area contributed by atoms with Crippen molar-refractivity contribution in [2.75, 3.05) is 0 Å². The molecule has 6 aromatic carbocycles. The van der Waals surface area contributed by atoms with Gasteiger partial charge in [0.25, 0.3) is 0 Å². The molecule has 1 nitrogen and oxygen atoms in total. The first-order valence-corrected chi connectivity index (χ1v) is 13.5. The molecule has 0 aliphatic carbocycles. The van der Waals surface area contributed by atoms with Crippen LogP contribution in [0, 0.1) is 13.8 Å². The van der Waals surface area contributed by atoms with Crippen LogP contribution in [0.5, 0.6) is 0 Å². The van der Waals surface area contributed by atoms with Crippen LogP contribution in [0.2, 0.25) is 0 Å². The third-order valence-corrected chi connectivity index (χ3v) is 7.89. The summed E-state index contributed by atoms with van der Waals surface area (Å²) in [5.74, 6) is 0. The Hall–Kier alpha value is -4.88. The zero-order valence-electron chi connectivity index (χ0n) is 22.2. The molecule has 0 radical (unpaired) electrons. The highest BCUT2D eigenvalue weighted by atomic mass is 15.0. The number of aromatic nitrogens is 1. The van der Waals surface area contributed by atoms with E-state index in [4.69, 9.17) is 0 Å². The van der Waals surface area contributed by atoms with E-state index in [-0.39, 0.29) is 0 Å². The molecule has 0 N–H and O–H groups in total. The van der Waals surface area contributed by atoms with Crippen molar-refractivity contribution in [3.8, 4) is 39.1 Å². The van der Waals surface area contributed by atoms with Gasteiger partial charge in [0.1, 0.15) is 0 Å². The minimum absolute atomic E-state index is 1.17. The SMILES string of the molecule is Cc1ccccc1-c1cc(-c2cccc(-c3cccc(-n4c5ccccc5c5ccccc54)c3)c2)ccc1C. The van der Waals surface area contributed by atoms with Gasteiger partial charge in [0.2, 0.25) is 0 Å². The molecule has 1 heterocycles. The summed E-state index contributed by atoms with van der Waals surface area (Å²) in [6, 6.07) is 50.6. The number of rotatable bonds is 4. The predicted molar refractivity (Wildman–Crippen MR) is 167 cm³/mol. The van der Waals surface area contributed by atoms with Crippen LogP contribution in [0.1, 0.15) is 11.1 Å². The fourth-order valence-corrected chi connectivity index (χ4v) is 5.87. The topological polar surface area (TPSA) is 4.93 Å². The van der Waals surface area contributed by atoms with Gasteiger partial charge in [0.05, 0.1) is 11.0 Å². The molecule has 186 valence electrons. The second-order valence-corrected chi connectivity index (χ2v) is 10.3. The Balaban J connectivity index is 1.33. The van der Waals surface area contributed by atoms with E-state index in [9.17, 15) is 0 Å². The Labute approximate surface area is 229 Å². The first-order chi connectivity index (χ1) is 19.2. The lowest BCUT2D eigenvalue weighted by atomic mass is 9.92. The number of fused-ring (bicyclic) bond motifs is 3. The van der Waals surface area contributed by atoms with Crippen molar-refractivity contribution in [3.05, 3.63) is 151 Å². The van der Waals surface area contributed by atoms with Gasteiger partial charge in [-0.05, 0) is 94.8 Å². The van der Waals surface area contributed by atoms with Crippen molar-refractivity contribution in [1.29, 1.82) is 0 Å². The quantitative estimate of drug-likeness (QED) is 0.227. The van der Waals surface area contributed by atoms with Gasteiger partial charge < -0.3 is 4.57 Å². The molecule has 0 saturated heterocycles. The average Bonchev–Trinajstić information content (AvgIpc) is 3.32. The summed E-state index contributed by atoms with van der Waals surface area (Å²) >= 11 is 0. The molecule has 0 saturated carbocycles. The fraction of sp³-hybridized carbons (Fsp3) is 0.0526. The van der Waals surface area contributed by atoms with E-state index in [0.29, 0.717) is 0 Å². The fourth-order valence-electron chi connectivity index (χ4n) is 5.87. The molecule has 0 atom stereocenters. The maximum atomic E-state index is 2.38. The van der Waals surface area contributed by atoms with Crippen LogP contribution in [0.4, 0.5) is 0 Å². The summed E-state index contributed by atoms with van der Waals surface area (Å²) in [5.41, 5.74) is 13.7. The molecule has 0 aliphatic heterocycles. The minimum Gasteiger partial charge on any atom is -0.309 e. The van der Waals surface area contributed by atoms with Crippen LogP contribution in [0.3, 0.4) is 0 Å². The Morgan fingerprint density at radius 1 is 0.385 bits per heavy atom. The first-order valence-electron chi connectivity index (χ1n) is 13.5. The third kappa shape index (κ3) is 4.04. The molecule has 0 amide bonds. The molecular weight excluding hydrogens is 470 g/mol. The normalized spacial score (nSPS) is 11.3. The van der Waals surface area contributed by atoms with Gasteiger partial charge >= 0.3 is 0 Å². The smallest absolute Gasteiger partial charge is 0.0541 e. The highest BCUT2D eigenvalue weighted by molar-refractivity contribution is 6.09. The second-order valence-electron chi connectivity index (χ2n) is 10.3. The lowest BCUT2D eigenvalue weighted by molar-refractivity contribution is 1.18. The second kappa shape index (κ2) is 9.45. The summed E-state index contributed by atoms with van der Waals surface area (Å²) in [7, 11) is 0. The van der Waals surface area contributed by atoms with Gasteiger partial charge in [-0.2, -0.15) is 0 Å². The van der Waals surface area contributed by atoms with Crippen LogP contribution in [0.25, 0.3) is 60.9 Å². The lowest BCUT2D eigenvalue weighted by Gasteiger charge is -2.13. The van der Waals surface area contributed by atoms with E-state index in [2.05, 4.69) is 158 Å². The number of benzene rings is 6. The summed E-state index contributed by atoms with van der Waals surface area (Å²) < 4.78 is 2.38. The number of hydrogen-bond donors (Lipinski definition) is 0. The van der Waals surface area contributed by atoms with Crippen LogP contribution >= 0.6 is 0 Å². The summed E-state index contributed by atoms with van der Waals surface area (Å²) in [6.45, 7) is 4.38. The molecule has 0 aliphatic rings. The number of para-hydroxylation sites is 2. The Morgan fingerprint density at radius 2 is 0.923 bits per heavy atom. The van der Waals surface area contributed by atoms with Gasteiger partial charge in [-0.15, -0.1) is 0 Å². The molecular formula is C38H29N. The Kier molecular flexibility index (Phi) is 5.64. The van der Waals surface area contributed by atoms with Crippen molar-refractivity contribution in [2.24, 2.45) is 0 Å². The van der Waals surface area contributed by atoms with Gasteiger partial charge in [0.15, 0.2) is 0 Å². The lowest BCUT2D eigenvalue weighted by Crippen LogP contribution is -1.94. The van der Waals surface area contributed by atoms with Crippen molar-refractivity contribution in [2.45, 2.75) is 13.8 Å². The highest BCUT2D eigenvalue weighted by Crippen LogP contribution is 2.35. The average molecular weight is 500 g/mol. The van der Waals surface area contributed by atoms with Crippen molar-refractivity contribution in [1.82, 2.24) is 4.57 Å². The minimum atomic E-state index is 1.17. The van der Waals surface area contributed by atoms with Gasteiger partial charge in [-0.25, -0.2) is 0 Å². The Morgan fingerprint density at radius 3 is 1.62 bits per heavy atom. The van der Waals surface area contributed by atoms with Gasteiger partial charge in [0, 0.05) is 16.5 Å². The van der Waals surface area contributed by atoms with Crippen molar-refractivity contribution < 1.29 is 0 Å². The van der Waals surface area contributed by atoms with Crippen molar-refractivity contribution >= 4 is 21.8 Å². The van der Waals surface area contributed by atoms with Gasteiger partial charge in [-0.1, -0.05) is 103 Å². The van der Waals surface area contributed by atoms with Crippen LogP contribution in [0.15, 0.2) is 140 Å². The summed E-state index contributed by atoms with van der Waals surface area (Å²) in [6.07, 6.45) is 0. The van der Waals surface area contributed by atoms with Crippen LogP contribution in [-0.2, 0) is 0 Å². The van der Waals surface area contributed by atoms with E-state index in [1.807, 2.05) is 0 Å². The van der Waals surface area contributed by atoms with Gasteiger partial charge in [-0.3, -0.25) is 0 Å². The van der Waals surface area contributed by atoms with E-state index >= 15 is 0 Å². The van der Waals surface area contributed by atoms with Crippen LogP contribution in [-0.4, -0.2) is 4.57 Å². The molecule has 7 aromatic rings. The maximum absolute atomic E-state index is 2.38. The molecule has 1 aromatic heterocycles. The molecule has 39 heavy (non-hydrogen) atoms. The monoisotopic (exact) mass is 499 g/mol. The molecule has 1 heteroatoms. The molecule has 7 rings (SSSR count). The summed E-state index contributed by atoms with van der Waals surface area (Å²) in [5, 5.41) is 2.56. The number of hydrogen-bond acceptors (Lipinski definition) is 0. The third-order valence-electron chi connectivity index (χ3n) is 7.89. The largest absolute Gasteiger partial charge is 0.309 e. The van der Waals surface area contributed by atoms with E-state index in [0.717, 1.165) is 0 Å². The maximum Gasteiger partial charge on any atom is 0.0541 e. The molecule has 0 spiro atoms. The van der Waals surface area contributed by atoms with Crippen molar-refractivity contribution in [3.63, 3.8) is 0 Å². The first kappa shape index (κ1) is 23.3. The Bertz CT molecular complexity index is 1940. The molecule has 0 fully saturated rings. The van der Waals surface area contributed by atoms with E-state index < -0.39 is 0 Å². The zero-order valence-corrected chi connectivity index (χ0v) is 22.2. The van der Waals surface area contributed by atoms with Crippen LogP contribution < -0.4 is 0 Å². The highest BCUT2D eigenvalue weighted by Gasteiger charge is 2.13. The standard InChI is InChI=1S/C38H29N/c1-26-11-3-4-16-33(26)36-25-31(22-21-27(36)2)29-13-9-12-28(23-29)30-14-10-15-32(24-30)39-37-19-7-5-17-34(37)35-18-6-8-20-38(35)39/h3-25H,1-2H3. The molecule has 0 unspecified atom stereocenters. The predicted octanol–water partition coefficient (Wildman–Crippen LogP) is 10.4. The van der Waals surface area contributed by atoms with E-state index in [1.54, 1.807) is 0 Å². The zero-order chi connectivity index (χ0) is 26.3. The number of aryl methyl sites for hydroxylation is 2.